The first-order chi connectivity index (χ1) is 7.07. The van der Waals surface area contributed by atoms with Crippen LogP contribution in [-0.4, -0.2) is 23.9 Å². The molecule has 0 bridgehead atoms. The monoisotopic (exact) mass is 225 g/mol. The van der Waals surface area contributed by atoms with Gasteiger partial charge in [-0.05, 0) is 17.3 Å². The van der Waals surface area contributed by atoms with Crippen LogP contribution in [0.15, 0.2) is 0 Å². The molecule has 1 amide bonds. The van der Waals surface area contributed by atoms with E-state index in [0.29, 0.717) is 17.7 Å². The SMILES string of the molecule is CC(C)C1CN(C(=O)C(C)(C)C(C)(C)C)C1. The number of likely N-dealkylation sites (tertiary alicyclic amines) is 1. The lowest BCUT2D eigenvalue weighted by Crippen LogP contribution is -2.57. The van der Waals surface area contributed by atoms with Crippen molar-refractivity contribution >= 4 is 5.91 Å². The molecule has 94 valence electrons. The summed E-state index contributed by atoms with van der Waals surface area (Å²) in [7, 11) is 0. The molecule has 0 saturated carbocycles. The standard InChI is InChI=1S/C14H27NO/c1-10(2)11-8-15(9-11)12(16)14(6,7)13(3,4)5/h10-11H,8-9H2,1-7H3. The van der Waals surface area contributed by atoms with E-state index in [1.165, 1.54) is 0 Å². The first kappa shape index (κ1) is 13.5. The fraction of sp³-hybridized carbons (Fsp3) is 0.929. The van der Waals surface area contributed by atoms with Gasteiger partial charge in [-0.3, -0.25) is 4.79 Å². The van der Waals surface area contributed by atoms with Crippen LogP contribution in [0.1, 0.15) is 48.5 Å². The summed E-state index contributed by atoms with van der Waals surface area (Å²) < 4.78 is 0. The lowest BCUT2D eigenvalue weighted by molar-refractivity contribution is -0.154. The predicted octanol–water partition coefficient (Wildman–Crippen LogP) is 3.17. The van der Waals surface area contributed by atoms with Gasteiger partial charge < -0.3 is 4.90 Å². The predicted molar refractivity (Wildman–Crippen MR) is 68.1 cm³/mol. The number of amides is 1. The molecule has 1 aliphatic heterocycles. The summed E-state index contributed by atoms with van der Waals surface area (Å²) in [5, 5.41) is 0. The molecule has 0 radical (unpaired) electrons. The highest BCUT2D eigenvalue weighted by Crippen LogP contribution is 2.41. The summed E-state index contributed by atoms with van der Waals surface area (Å²) in [4.78, 5) is 14.4. The Balaban J connectivity index is 2.62. The van der Waals surface area contributed by atoms with Gasteiger partial charge in [0.1, 0.15) is 0 Å². The highest BCUT2D eigenvalue weighted by Gasteiger charge is 2.45. The maximum absolute atomic E-state index is 12.4. The molecule has 0 spiro atoms. The minimum atomic E-state index is -0.269. The molecule has 0 atom stereocenters. The second-order valence-electron chi connectivity index (χ2n) is 7.09. The van der Waals surface area contributed by atoms with Gasteiger partial charge in [-0.1, -0.05) is 48.5 Å². The van der Waals surface area contributed by atoms with Crippen molar-refractivity contribution in [1.29, 1.82) is 0 Å². The van der Waals surface area contributed by atoms with Crippen molar-refractivity contribution in [2.75, 3.05) is 13.1 Å². The Kier molecular flexibility index (Phi) is 3.42. The van der Waals surface area contributed by atoms with Crippen LogP contribution in [0.4, 0.5) is 0 Å². The minimum absolute atomic E-state index is 0.0208. The van der Waals surface area contributed by atoms with E-state index >= 15 is 0 Å². The quantitative estimate of drug-likeness (QED) is 0.707. The third-order valence-corrected chi connectivity index (χ3v) is 4.55. The van der Waals surface area contributed by atoms with Gasteiger partial charge >= 0.3 is 0 Å². The second kappa shape index (κ2) is 4.05. The van der Waals surface area contributed by atoms with Crippen LogP contribution in [0.2, 0.25) is 0 Å². The Bertz CT molecular complexity index is 267. The highest BCUT2D eigenvalue weighted by atomic mass is 16.2. The number of nitrogens with zero attached hydrogens (tertiary/aromatic N) is 1. The van der Waals surface area contributed by atoms with Crippen LogP contribution >= 0.6 is 0 Å². The Morgan fingerprint density at radius 1 is 1.12 bits per heavy atom. The largest absolute Gasteiger partial charge is 0.342 e. The smallest absolute Gasteiger partial charge is 0.228 e. The van der Waals surface area contributed by atoms with Crippen molar-refractivity contribution < 1.29 is 4.79 Å². The van der Waals surface area contributed by atoms with E-state index in [0.717, 1.165) is 13.1 Å². The molecule has 2 heteroatoms. The van der Waals surface area contributed by atoms with Crippen molar-refractivity contribution in [2.24, 2.45) is 22.7 Å². The lowest BCUT2D eigenvalue weighted by atomic mass is 9.67. The Morgan fingerprint density at radius 3 is 1.88 bits per heavy atom. The first-order valence-electron chi connectivity index (χ1n) is 6.36. The molecule has 0 N–H and O–H groups in total. The molecule has 1 heterocycles. The van der Waals surface area contributed by atoms with E-state index in [1.807, 2.05) is 4.90 Å². The molecule has 2 nitrogen and oxygen atoms in total. The van der Waals surface area contributed by atoms with Crippen molar-refractivity contribution in [2.45, 2.75) is 48.5 Å². The molecule has 1 rings (SSSR count). The maximum atomic E-state index is 12.4. The summed E-state index contributed by atoms with van der Waals surface area (Å²) in [6.07, 6.45) is 0. The van der Waals surface area contributed by atoms with Crippen molar-refractivity contribution in [3.63, 3.8) is 0 Å². The number of carbonyl (C=O) groups is 1. The van der Waals surface area contributed by atoms with Crippen LogP contribution in [-0.2, 0) is 4.79 Å². The molecule has 1 saturated heterocycles. The van der Waals surface area contributed by atoms with Crippen molar-refractivity contribution in [1.82, 2.24) is 4.90 Å². The molecular weight excluding hydrogens is 198 g/mol. The third-order valence-electron chi connectivity index (χ3n) is 4.55. The highest BCUT2D eigenvalue weighted by molar-refractivity contribution is 5.83. The van der Waals surface area contributed by atoms with Crippen LogP contribution in [0.25, 0.3) is 0 Å². The zero-order chi connectivity index (χ0) is 12.7. The van der Waals surface area contributed by atoms with Crippen LogP contribution in [0.5, 0.6) is 0 Å². The van der Waals surface area contributed by atoms with E-state index in [9.17, 15) is 4.79 Å². The second-order valence-corrected chi connectivity index (χ2v) is 7.09. The average Bonchev–Trinajstić information content (AvgIpc) is 1.97. The molecule has 0 unspecified atom stereocenters. The van der Waals surface area contributed by atoms with Gasteiger partial charge in [-0.2, -0.15) is 0 Å². The summed E-state index contributed by atoms with van der Waals surface area (Å²) >= 11 is 0. The van der Waals surface area contributed by atoms with E-state index in [4.69, 9.17) is 0 Å². The molecule has 0 aromatic heterocycles. The topological polar surface area (TPSA) is 20.3 Å². The fourth-order valence-corrected chi connectivity index (χ4v) is 1.82. The normalized spacial score (nSPS) is 18.9. The van der Waals surface area contributed by atoms with Gasteiger partial charge in [0.05, 0.1) is 0 Å². The number of hydrogen-bond acceptors (Lipinski definition) is 1. The summed E-state index contributed by atoms with van der Waals surface area (Å²) in [5.74, 6) is 1.72. The van der Waals surface area contributed by atoms with Gasteiger partial charge in [-0.25, -0.2) is 0 Å². The molecule has 0 aromatic rings. The van der Waals surface area contributed by atoms with Crippen molar-refractivity contribution in [3.05, 3.63) is 0 Å². The van der Waals surface area contributed by atoms with Crippen molar-refractivity contribution in [3.8, 4) is 0 Å². The third kappa shape index (κ3) is 2.26. The fourth-order valence-electron chi connectivity index (χ4n) is 1.82. The van der Waals surface area contributed by atoms with Crippen LogP contribution < -0.4 is 0 Å². The maximum Gasteiger partial charge on any atom is 0.228 e. The Labute approximate surface area is 100 Å². The van der Waals surface area contributed by atoms with E-state index < -0.39 is 0 Å². The van der Waals surface area contributed by atoms with Gasteiger partial charge in [0.25, 0.3) is 0 Å². The average molecular weight is 225 g/mol. The van der Waals surface area contributed by atoms with Gasteiger partial charge in [0.15, 0.2) is 0 Å². The number of hydrogen-bond donors (Lipinski definition) is 0. The molecular formula is C14H27NO. The molecule has 16 heavy (non-hydrogen) atoms. The zero-order valence-corrected chi connectivity index (χ0v) is 11.9. The van der Waals surface area contributed by atoms with Gasteiger partial charge in [0, 0.05) is 18.5 Å². The number of rotatable bonds is 2. The van der Waals surface area contributed by atoms with Crippen LogP contribution in [0.3, 0.4) is 0 Å². The van der Waals surface area contributed by atoms with E-state index in [1.54, 1.807) is 0 Å². The molecule has 0 aromatic carbocycles. The molecule has 0 aliphatic carbocycles. The Morgan fingerprint density at radius 2 is 1.56 bits per heavy atom. The zero-order valence-electron chi connectivity index (χ0n) is 11.9. The summed E-state index contributed by atoms with van der Waals surface area (Å²) in [6, 6.07) is 0. The van der Waals surface area contributed by atoms with Gasteiger partial charge in [-0.15, -0.1) is 0 Å². The first-order valence-corrected chi connectivity index (χ1v) is 6.36. The van der Waals surface area contributed by atoms with Gasteiger partial charge in [0.2, 0.25) is 5.91 Å². The van der Waals surface area contributed by atoms with E-state index in [2.05, 4.69) is 48.5 Å². The van der Waals surface area contributed by atoms with E-state index in [-0.39, 0.29) is 10.8 Å². The number of carbonyl (C=O) groups excluding carboxylic acids is 1. The minimum Gasteiger partial charge on any atom is -0.342 e. The summed E-state index contributed by atoms with van der Waals surface area (Å²) in [5.41, 5.74) is -0.248. The summed E-state index contributed by atoms with van der Waals surface area (Å²) in [6.45, 7) is 16.9. The molecule has 1 fully saturated rings. The molecule has 1 aliphatic rings. The van der Waals surface area contributed by atoms with Crippen LogP contribution in [0, 0.1) is 22.7 Å². The Hall–Kier alpha value is -0.530. The lowest BCUT2D eigenvalue weighted by Gasteiger charge is -2.48.